The number of hydrogen-bond acceptors (Lipinski definition) is 5. The first-order valence-corrected chi connectivity index (χ1v) is 10.5. The fourth-order valence-corrected chi connectivity index (χ4v) is 4.37. The lowest BCUT2D eigenvalue weighted by Crippen LogP contribution is -2.14. The van der Waals surface area contributed by atoms with Crippen molar-refractivity contribution in [2.45, 2.75) is 19.8 Å². The van der Waals surface area contributed by atoms with Crippen molar-refractivity contribution in [3.05, 3.63) is 71.6 Å². The normalized spacial score (nSPS) is 10.9. The van der Waals surface area contributed by atoms with Crippen LogP contribution in [-0.4, -0.2) is 22.4 Å². The Kier molecular flexibility index (Phi) is 5.99. The van der Waals surface area contributed by atoms with Crippen molar-refractivity contribution in [1.82, 2.24) is 9.97 Å². The van der Waals surface area contributed by atoms with E-state index in [-0.39, 0.29) is 18.0 Å². The Labute approximate surface area is 178 Å². The van der Waals surface area contributed by atoms with Crippen LogP contribution in [0.25, 0.3) is 21.3 Å². The molecule has 7 heteroatoms. The number of fused-ring (bicyclic) bond motifs is 1. The molecule has 0 spiro atoms. The molecule has 0 aliphatic heterocycles. The van der Waals surface area contributed by atoms with E-state index < -0.39 is 5.82 Å². The number of hydrogen-bond donors (Lipinski definition) is 2. The predicted molar refractivity (Wildman–Crippen MR) is 120 cm³/mol. The van der Waals surface area contributed by atoms with Crippen molar-refractivity contribution in [3.8, 4) is 11.1 Å². The molecule has 2 aromatic heterocycles. The summed E-state index contributed by atoms with van der Waals surface area (Å²) in [7, 11) is 0. The lowest BCUT2D eigenvalue weighted by Gasteiger charge is -2.09. The predicted octanol–water partition coefficient (Wildman–Crippen LogP) is 5.64. The highest BCUT2D eigenvalue weighted by atomic mass is 32.1. The number of carbonyl (C=O) groups is 1. The number of nitrogens with one attached hydrogen (secondary N) is 2. The van der Waals surface area contributed by atoms with Gasteiger partial charge in [0.2, 0.25) is 5.91 Å². The minimum absolute atomic E-state index is 0.203. The highest BCUT2D eigenvalue weighted by molar-refractivity contribution is 7.19. The maximum absolute atomic E-state index is 13.6. The molecule has 1 amide bonds. The summed E-state index contributed by atoms with van der Waals surface area (Å²) >= 11 is 1.64. The number of anilines is 2. The van der Waals surface area contributed by atoms with Crippen LogP contribution >= 0.6 is 11.3 Å². The number of aromatic nitrogens is 2. The molecular formula is C23H21FN4OS. The highest BCUT2D eigenvalue weighted by Crippen LogP contribution is 2.40. The summed E-state index contributed by atoms with van der Waals surface area (Å²) in [4.78, 5) is 23.1. The summed E-state index contributed by atoms with van der Waals surface area (Å²) in [5.74, 6) is 0.109. The molecule has 4 rings (SSSR count). The molecule has 2 heterocycles. The van der Waals surface area contributed by atoms with Crippen LogP contribution in [0.1, 0.15) is 17.7 Å². The quantitative estimate of drug-likeness (QED) is 0.380. The number of para-hydroxylation sites is 1. The van der Waals surface area contributed by atoms with Gasteiger partial charge in [-0.05, 0) is 31.0 Å². The molecule has 4 aromatic rings. The lowest BCUT2D eigenvalue weighted by molar-refractivity contribution is -0.116. The smallest absolute Gasteiger partial charge is 0.224 e. The Morgan fingerprint density at radius 2 is 1.83 bits per heavy atom. The van der Waals surface area contributed by atoms with Crippen molar-refractivity contribution in [1.29, 1.82) is 0 Å². The second kappa shape index (κ2) is 9.00. The van der Waals surface area contributed by atoms with Crippen molar-refractivity contribution in [2.24, 2.45) is 0 Å². The molecule has 0 aliphatic rings. The van der Waals surface area contributed by atoms with Crippen molar-refractivity contribution >= 4 is 39.0 Å². The Balaban J connectivity index is 1.43. The van der Waals surface area contributed by atoms with Gasteiger partial charge >= 0.3 is 0 Å². The van der Waals surface area contributed by atoms with E-state index in [0.29, 0.717) is 13.0 Å². The van der Waals surface area contributed by atoms with E-state index >= 15 is 0 Å². The molecule has 2 aromatic carbocycles. The molecular weight excluding hydrogens is 399 g/mol. The van der Waals surface area contributed by atoms with E-state index in [1.54, 1.807) is 35.9 Å². The fourth-order valence-electron chi connectivity index (χ4n) is 3.36. The van der Waals surface area contributed by atoms with Gasteiger partial charge in [0.1, 0.15) is 22.8 Å². The van der Waals surface area contributed by atoms with Gasteiger partial charge in [0, 0.05) is 23.4 Å². The maximum atomic E-state index is 13.6. The monoisotopic (exact) mass is 420 g/mol. The molecule has 30 heavy (non-hydrogen) atoms. The van der Waals surface area contributed by atoms with Gasteiger partial charge in [-0.25, -0.2) is 14.4 Å². The number of benzene rings is 2. The molecule has 2 N–H and O–H groups in total. The number of halogens is 1. The molecule has 0 aliphatic carbocycles. The second-order valence-electron chi connectivity index (χ2n) is 6.86. The summed E-state index contributed by atoms with van der Waals surface area (Å²) in [6.45, 7) is 2.66. The average Bonchev–Trinajstić information content (AvgIpc) is 3.10. The fraction of sp³-hybridized carbons (Fsp3) is 0.174. The van der Waals surface area contributed by atoms with E-state index in [2.05, 4.69) is 39.7 Å². The van der Waals surface area contributed by atoms with Gasteiger partial charge in [0.15, 0.2) is 0 Å². The molecule has 0 unspecified atom stereocenters. The van der Waals surface area contributed by atoms with Crippen molar-refractivity contribution in [2.75, 3.05) is 17.2 Å². The first kappa shape index (κ1) is 20.0. The van der Waals surface area contributed by atoms with Crippen molar-refractivity contribution in [3.63, 3.8) is 0 Å². The summed E-state index contributed by atoms with van der Waals surface area (Å²) in [6.07, 6.45) is 2.43. The van der Waals surface area contributed by atoms with Crippen LogP contribution in [0.15, 0.2) is 60.9 Å². The van der Waals surface area contributed by atoms with Gasteiger partial charge in [-0.2, -0.15) is 0 Å². The van der Waals surface area contributed by atoms with E-state index in [9.17, 15) is 9.18 Å². The average molecular weight is 421 g/mol. The Morgan fingerprint density at radius 1 is 1.07 bits per heavy atom. The van der Waals surface area contributed by atoms with E-state index in [1.165, 1.54) is 10.9 Å². The molecule has 0 saturated carbocycles. The van der Waals surface area contributed by atoms with Crippen LogP contribution in [0.4, 0.5) is 15.9 Å². The Hall–Kier alpha value is -3.32. The minimum Gasteiger partial charge on any atom is -0.369 e. The summed E-state index contributed by atoms with van der Waals surface area (Å²) in [5.41, 5.74) is 2.47. The van der Waals surface area contributed by atoms with Gasteiger partial charge in [-0.3, -0.25) is 4.79 Å². The summed E-state index contributed by atoms with van der Waals surface area (Å²) in [6, 6.07) is 16.3. The Bertz CT molecular complexity index is 1180. The summed E-state index contributed by atoms with van der Waals surface area (Å²) < 4.78 is 13.6. The lowest BCUT2D eigenvalue weighted by atomic mass is 10.0. The zero-order chi connectivity index (χ0) is 20.9. The minimum atomic E-state index is -0.436. The number of rotatable bonds is 7. The summed E-state index contributed by atoms with van der Waals surface area (Å²) in [5, 5.41) is 6.95. The van der Waals surface area contributed by atoms with Crippen LogP contribution in [-0.2, 0) is 4.79 Å². The van der Waals surface area contributed by atoms with Gasteiger partial charge in [0.25, 0.3) is 0 Å². The number of carbonyl (C=O) groups excluding carboxylic acids is 1. The van der Waals surface area contributed by atoms with Crippen LogP contribution in [0.3, 0.4) is 0 Å². The third kappa shape index (κ3) is 4.31. The van der Waals surface area contributed by atoms with Gasteiger partial charge in [-0.1, -0.05) is 42.5 Å². The third-order valence-electron chi connectivity index (χ3n) is 4.75. The van der Waals surface area contributed by atoms with Gasteiger partial charge in [0.05, 0.1) is 11.1 Å². The molecule has 5 nitrogen and oxygen atoms in total. The largest absolute Gasteiger partial charge is 0.369 e. The molecule has 0 saturated heterocycles. The third-order valence-corrected chi connectivity index (χ3v) is 5.76. The highest BCUT2D eigenvalue weighted by Gasteiger charge is 2.16. The Morgan fingerprint density at radius 3 is 2.63 bits per heavy atom. The number of aryl methyl sites for hydroxylation is 1. The van der Waals surface area contributed by atoms with Crippen LogP contribution in [0.2, 0.25) is 0 Å². The number of thiophene rings is 1. The molecule has 0 radical (unpaired) electrons. The van der Waals surface area contributed by atoms with Crippen LogP contribution < -0.4 is 10.6 Å². The van der Waals surface area contributed by atoms with Gasteiger partial charge < -0.3 is 10.6 Å². The first-order valence-electron chi connectivity index (χ1n) is 9.71. The number of nitrogens with zero attached hydrogens (tertiary/aromatic N) is 2. The first-order chi connectivity index (χ1) is 14.6. The topological polar surface area (TPSA) is 66.9 Å². The van der Waals surface area contributed by atoms with E-state index in [0.717, 1.165) is 27.2 Å². The SMILES string of the molecule is Cc1sc2ncnc(NCCCC(=O)Nc3ccccc3F)c2c1-c1ccccc1. The zero-order valence-electron chi connectivity index (χ0n) is 16.5. The second-order valence-corrected chi connectivity index (χ2v) is 8.06. The molecule has 0 atom stereocenters. The van der Waals surface area contributed by atoms with Crippen molar-refractivity contribution < 1.29 is 9.18 Å². The van der Waals surface area contributed by atoms with Crippen LogP contribution in [0, 0.1) is 12.7 Å². The van der Waals surface area contributed by atoms with E-state index in [4.69, 9.17) is 0 Å². The standard InChI is InChI=1S/C23H21FN4OS/c1-15-20(16-8-3-2-4-9-16)21-22(26-14-27-23(21)30-15)25-13-7-12-19(29)28-18-11-6-5-10-17(18)24/h2-6,8-11,14H,7,12-13H2,1H3,(H,28,29)(H,25,26,27). The van der Waals surface area contributed by atoms with E-state index in [1.807, 2.05) is 18.2 Å². The van der Waals surface area contributed by atoms with Gasteiger partial charge in [-0.15, -0.1) is 11.3 Å². The molecule has 0 fully saturated rings. The molecule has 152 valence electrons. The zero-order valence-corrected chi connectivity index (χ0v) is 17.3. The molecule has 0 bridgehead atoms. The maximum Gasteiger partial charge on any atom is 0.224 e. The van der Waals surface area contributed by atoms with Crippen LogP contribution in [0.5, 0.6) is 0 Å². The number of amides is 1.